The second-order valence-electron chi connectivity index (χ2n) is 4.02. The van der Waals surface area contributed by atoms with Gasteiger partial charge in [-0.15, -0.1) is 0 Å². The van der Waals surface area contributed by atoms with Crippen LogP contribution in [0.1, 0.15) is 10.4 Å². The van der Waals surface area contributed by atoms with Crippen LogP contribution in [0.5, 0.6) is 0 Å². The van der Waals surface area contributed by atoms with Crippen LogP contribution in [-0.4, -0.2) is 22.2 Å². The predicted octanol–water partition coefficient (Wildman–Crippen LogP) is 1.44. The van der Waals surface area contributed by atoms with Crippen LogP contribution in [0.25, 0.3) is 0 Å². The fourth-order valence-electron chi connectivity index (χ4n) is 1.62. The normalized spacial score (nSPS) is 10.4. The zero-order valence-corrected chi connectivity index (χ0v) is 11.7. The average Bonchev–Trinajstić information content (AvgIpc) is 2.77. The molecule has 0 atom stereocenters. The van der Waals surface area contributed by atoms with Crippen molar-refractivity contribution in [2.75, 3.05) is 17.6 Å². The third-order valence-electron chi connectivity index (χ3n) is 2.56. The predicted molar refractivity (Wildman–Crippen MR) is 77.8 cm³/mol. The van der Waals surface area contributed by atoms with Gasteiger partial charge in [0.2, 0.25) is 5.91 Å². The van der Waals surface area contributed by atoms with Crippen molar-refractivity contribution in [3.63, 3.8) is 0 Å². The molecule has 6 nitrogen and oxygen atoms in total. The van der Waals surface area contributed by atoms with E-state index >= 15 is 0 Å². The van der Waals surface area contributed by atoms with E-state index in [9.17, 15) is 4.79 Å². The second kappa shape index (κ2) is 5.75. The molecule has 0 aliphatic carbocycles. The van der Waals surface area contributed by atoms with Gasteiger partial charge in [0.1, 0.15) is 0 Å². The number of nitrogens with zero attached hydrogens (tertiary/aromatic N) is 2. The lowest BCUT2D eigenvalue weighted by molar-refractivity contribution is 0.100. The monoisotopic (exact) mass is 323 g/mol. The molecule has 100 valence electrons. The Balaban J connectivity index is 1.94. The first-order chi connectivity index (χ1) is 9.06. The molecule has 5 N–H and O–H groups in total. The van der Waals surface area contributed by atoms with Crippen molar-refractivity contribution < 1.29 is 4.79 Å². The van der Waals surface area contributed by atoms with Crippen LogP contribution in [0.4, 0.5) is 11.4 Å². The van der Waals surface area contributed by atoms with Gasteiger partial charge in [-0.3, -0.25) is 9.48 Å². The summed E-state index contributed by atoms with van der Waals surface area (Å²) in [7, 11) is 0. The number of primary amides is 1. The molecule has 2 rings (SSSR count). The van der Waals surface area contributed by atoms with Crippen molar-refractivity contribution in [1.29, 1.82) is 0 Å². The lowest BCUT2D eigenvalue weighted by Gasteiger charge is -2.09. The molecule has 0 unspecified atom stereocenters. The van der Waals surface area contributed by atoms with Gasteiger partial charge in [0.15, 0.2) is 0 Å². The standard InChI is InChI=1S/C12H14BrN5O/c13-10-5-8(12(15)19)1-2-11(10)16-3-4-18-7-9(14)6-17-18/h1-2,5-7,16H,3-4,14H2,(H2,15,19). The number of nitrogen functional groups attached to an aromatic ring is 1. The molecule has 2 aromatic rings. The molecule has 19 heavy (non-hydrogen) atoms. The van der Waals surface area contributed by atoms with Gasteiger partial charge in [-0.1, -0.05) is 0 Å². The lowest BCUT2D eigenvalue weighted by atomic mass is 10.2. The molecule has 1 amide bonds. The minimum atomic E-state index is -0.445. The van der Waals surface area contributed by atoms with Crippen molar-refractivity contribution in [1.82, 2.24) is 9.78 Å². The molecule has 0 saturated carbocycles. The number of nitrogens with one attached hydrogen (secondary N) is 1. The molecule has 0 aliphatic heterocycles. The first-order valence-electron chi connectivity index (χ1n) is 5.67. The highest BCUT2D eigenvalue weighted by Crippen LogP contribution is 2.23. The molecule has 1 aromatic carbocycles. The summed E-state index contributed by atoms with van der Waals surface area (Å²) in [5, 5.41) is 7.32. The number of amides is 1. The zero-order valence-electron chi connectivity index (χ0n) is 10.1. The van der Waals surface area contributed by atoms with Crippen molar-refractivity contribution >= 4 is 33.2 Å². The van der Waals surface area contributed by atoms with E-state index in [4.69, 9.17) is 11.5 Å². The highest BCUT2D eigenvalue weighted by molar-refractivity contribution is 9.10. The Morgan fingerprint density at radius 2 is 2.26 bits per heavy atom. The van der Waals surface area contributed by atoms with Crippen LogP contribution in [0.3, 0.4) is 0 Å². The fourth-order valence-corrected chi connectivity index (χ4v) is 2.14. The van der Waals surface area contributed by atoms with Gasteiger partial charge < -0.3 is 16.8 Å². The molecule has 1 heterocycles. The lowest BCUT2D eigenvalue weighted by Crippen LogP contribution is -2.13. The number of hydrogen-bond acceptors (Lipinski definition) is 4. The molecular formula is C12H14BrN5O. The maximum atomic E-state index is 11.0. The van der Waals surface area contributed by atoms with Gasteiger partial charge in [-0.05, 0) is 34.1 Å². The Bertz CT molecular complexity index is 596. The van der Waals surface area contributed by atoms with Gasteiger partial charge >= 0.3 is 0 Å². The smallest absolute Gasteiger partial charge is 0.248 e. The van der Waals surface area contributed by atoms with Crippen molar-refractivity contribution in [2.24, 2.45) is 5.73 Å². The van der Waals surface area contributed by atoms with E-state index in [-0.39, 0.29) is 0 Å². The van der Waals surface area contributed by atoms with Gasteiger partial charge in [0, 0.05) is 28.5 Å². The molecule has 0 bridgehead atoms. The van der Waals surface area contributed by atoms with Gasteiger partial charge in [0.05, 0.1) is 18.4 Å². The van der Waals surface area contributed by atoms with Gasteiger partial charge in [0.25, 0.3) is 0 Å². The summed E-state index contributed by atoms with van der Waals surface area (Å²) in [6, 6.07) is 5.18. The molecule has 0 aliphatic rings. The number of carbonyl (C=O) groups excluding carboxylic acids is 1. The molecule has 7 heteroatoms. The highest BCUT2D eigenvalue weighted by atomic mass is 79.9. The van der Waals surface area contributed by atoms with Crippen molar-refractivity contribution in [3.05, 3.63) is 40.6 Å². The number of nitrogens with two attached hydrogens (primary N) is 2. The number of rotatable bonds is 5. The molecule has 0 fully saturated rings. The van der Waals surface area contributed by atoms with Gasteiger partial charge in [-0.2, -0.15) is 5.10 Å². The number of carbonyl (C=O) groups is 1. The Morgan fingerprint density at radius 3 is 2.84 bits per heavy atom. The van der Waals surface area contributed by atoms with E-state index in [2.05, 4.69) is 26.3 Å². The first kappa shape index (κ1) is 13.4. The minimum absolute atomic E-state index is 0.445. The number of anilines is 2. The summed E-state index contributed by atoms with van der Waals surface area (Å²) in [5.74, 6) is -0.445. The van der Waals surface area contributed by atoms with E-state index in [1.165, 1.54) is 0 Å². The molecule has 0 radical (unpaired) electrons. The summed E-state index contributed by atoms with van der Waals surface area (Å²) in [6.45, 7) is 1.39. The fraction of sp³-hybridized carbons (Fsp3) is 0.167. The van der Waals surface area contributed by atoms with Crippen LogP contribution >= 0.6 is 15.9 Å². The summed E-state index contributed by atoms with van der Waals surface area (Å²) >= 11 is 3.39. The number of halogens is 1. The number of hydrogen-bond donors (Lipinski definition) is 3. The SMILES string of the molecule is NC(=O)c1ccc(NCCn2cc(N)cn2)c(Br)c1. The Morgan fingerprint density at radius 1 is 1.47 bits per heavy atom. The van der Waals surface area contributed by atoms with Gasteiger partial charge in [-0.25, -0.2) is 0 Å². The third kappa shape index (κ3) is 3.47. The maximum absolute atomic E-state index is 11.0. The Labute approximate surface area is 118 Å². The third-order valence-corrected chi connectivity index (χ3v) is 3.22. The van der Waals surface area contributed by atoms with Crippen molar-refractivity contribution in [2.45, 2.75) is 6.54 Å². The second-order valence-corrected chi connectivity index (χ2v) is 4.88. The van der Waals surface area contributed by atoms with E-state index in [0.717, 1.165) is 10.2 Å². The summed E-state index contributed by atoms with van der Waals surface area (Å²) in [5.41, 5.74) is 12.8. The summed E-state index contributed by atoms with van der Waals surface area (Å²) in [4.78, 5) is 11.0. The highest BCUT2D eigenvalue weighted by Gasteiger charge is 2.05. The zero-order chi connectivity index (χ0) is 13.8. The minimum Gasteiger partial charge on any atom is -0.396 e. The number of benzene rings is 1. The largest absolute Gasteiger partial charge is 0.396 e. The molecule has 0 saturated heterocycles. The van der Waals surface area contributed by atoms with Crippen molar-refractivity contribution in [3.8, 4) is 0 Å². The topological polar surface area (TPSA) is 99.0 Å². The molecule has 1 aromatic heterocycles. The van der Waals surface area contributed by atoms with Crippen LogP contribution in [0, 0.1) is 0 Å². The Hall–Kier alpha value is -2.02. The van der Waals surface area contributed by atoms with Crippen LogP contribution < -0.4 is 16.8 Å². The van der Waals surface area contributed by atoms with E-state index in [1.807, 2.05) is 6.07 Å². The summed E-state index contributed by atoms with van der Waals surface area (Å²) in [6.07, 6.45) is 3.38. The van der Waals surface area contributed by atoms with Crippen LogP contribution in [0.15, 0.2) is 35.1 Å². The van der Waals surface area contributed by atoms with Crippen LogP contribution in [0.2, 0.25) is 0 Å². The van der Waals surface area contributed by atoms with Crippen LogP contribution in [-0.2, 0) is 6.54 Å². The first-order valence-corrected chi connectivity index (χ1v) is 6.47. The molecule has 0 spiro atoms. The summed E-state index contributed by atoms with van der Waals surface area (Å²) < 4.78 is 2.55. The number of aromatic nitrogens is 2. The van der Waals surface area contributed by atoms with E-state index in [0.29, 0.717) is 24.3 Å². The quantitative estimate of drug-likeness (QED) is 0.775. The maximum Gasteiger partial charge on any atom is 0.248 e. The Kier molecular flexibility index (Phi) is 4.06. The van der Waals surface area contributed by atoms with E-state index in [1.54, 1.807) is 29.2 Å². The van der Waals surface area contributed by atoms with E-state index < -0.39 is 5.91 Å². The average molecular weight is 324 g/mol. The molecular weight excluding hydrogens is 310 g/mol.